The predicted molar refractivity (Wildman–Crippen MR) is 139 cm³/mol. The summed E-state index contributed by atoms with van der Waals surface area (Å²) in [6.07, 6.45) is 0.0701. The van der Waals surface area contributed by atoms with Crippen LogP contribution in [0.1, 0.15) is 43.8 Å². The van der Waals surface area contributed by atoms with Gasteiger partial charge in [0.05, 0.1) is 34.7 Å². The number of pyridine rings is 1. The van der Waals surface area contributed by atoms with Crippen LogP contribution in [-0.2, 0) is 0 Å². The average Bonchev–Trinajstić information content (AvgIpc) is 3.41. The number of allylic oxidation sites excluding steroid dienone is 2. The van der Waals surface area contributed by atoms with Crippen LogP contribution in [0.25, 0.3) is 0 Å². The van der Waals surface area contributed by atoms with Gasteiger partial charge in [0.15, 0.2) is 0 Å². The summed E-state index contributed by atoms with van der Waals surface area (Å²) in [7, 11) is 1.47. The van der Waals surface area contributed by atoms with Gasteiger partial charge in [-0.2, -0.15) is 18.4 Å². The van der Waals surface area contributed by atoms with Crippen LogP contribution in [-0.4, -0.2) is 56.0 Å². The molecular weight excluding hydrogens is 571 g/mol. The van der Waals surface area contributed by atoms with Crippen molar-refractivity contribution in [3.8, 4) is 6.07 Å². The number of nitrogens with one attached hydrogen (secondary N) is 3. The van der Waals surface area contributed by atoms with Crippen molar-refractivity contribution in [2.45, 2.75) is 25.3 Å². The number of hydrogen-bond donors (Lipinski definition) is 3. The molecule has 1 aliphatic heterocycles. The molecule has 2 amide bonds. The number of halogens is 4. The molecule has 0 aromatic carbocycles. The van der Waals surface area contributed by atoms with E-state index in [0.29, 0.717) is 16.5 Å². The SMILES string of the molecule is CC(NC(=O)c1cc(Nc2ccc(C#N)nc2)ncn1)c1ncc(C(=O)NC2C=C(C(F)(F)F)C(Cl)=CN2C)s1. The molecule has 0 saturated carbocycles. The van der Waals surface area contributed by atoms with Crippen molar-refractivity contribution >= 4 is 46.3 Å². The van der Waals surface area contributed by atoms with Crippen LogP contribution in [0.2, 0.25) is 0 Å². The first kappa shape index (κ1) is 28.5. The minimum absolute atomic E-state index is 0.0554. The van der Waals surface area contributed by atoms with Gasteiger partial charge in [-0.1, -0.05) is 11.6 Å². The van der Waals surface area contributed by atoms with Crippen molar-refractivity contribution in [1.29, 1.82) is 5.26 Å². The van der Waals surface area contributed by atoms with Crippen molar-refractivity contribution in [2.24, 2.45) is 0 Å². The topological polar surface area (TPSA) is 149 Å². The third-order valence-electron chi connectivity index (χ3n) is 5.44. The summed E-state index contributed by atoms with van der Waals surface area (Å²) in [4.78, 5) is 43.2. The molecule has 0 spiro atoms. The number of nitrogens with zero attached hydrogens (tertiary/aromatic N) is 6. The highest BCUT2D eigenvalue weighted by Crippen LogP contribution is 2.36. The zero-order valence-corrected chi connectivity index (χ0v) is 22.3. The number of alkyl halides is 3. The van der Waals surface area contributed by atoms with Crippen molar-refractivity contribution in [3.63, 3.8) is 0 Å². The zero-order valence-electron chi connectivity index (χ0n) is 20.7. The lowest BCUT2D eigenvalue weighted by Gasteiger charge is -2.30. The zero-order chi connectivity index (χ0) is 29.0. The van der Waals surface area contributed by atoms with Crippen molar-refractivity contribution in [2.75, 3.05) is 12.4 Å². The lowest BCUT2D eigenvalue weighted by Crippen LogP contribution is -2.45. The van der Waals surface area contributed by atoms with E-state index in [0.717, 1.165) is 23.6 Å². The largest absolute Gasteiger partial charge is 0.417 e. The second-order valence-corrected chi connectivity index (χ2v) is 9.82. The maximum Gasteiger partial charge on any atom is 0.417 e. The molecule has 2 unspecified atom stereocenters. The molecule has 0 bridgehead atoms. The first-order valence-corrected chi connectivity index (χ1v) is 12.6. The van der Waals surface area contributed by atoms with E-state index in [1.165, 1.54) is 42.8 Å². The molecule has 0 radical (unpaired) electrons. The summed E-state index contributed by atoms with van der Waals surface area (Å²) in [5.41, 5.74) is -0.189. The summed E-state index contributed by atoms with van der Waals surface area (Å²) < 4.78 is 39.7. The van der Waals surface area contributed by atoms with E-state index in [2.05, 4.69) is 35.9 Å². The standard InChI is InChI=1S/C24H19ClF3N9O2S/c1-12(34-21(38)17-6-19(33-11-32-17)35-14-4-3-13(7-29)30-8-14)23-31-9-18(40-23)22(39)36-20-5-15(24(26,27)28)16(25)10-37(20)2/h3-6,8-12,20H,1-2H3,(H,34,38)(H,36,39)(H,32,33,35). The first-order valence-electron chi connectivity index (χ1n) is 11.4. The van der Waals surface area contributed by atoms with Crippen LogP contribution in [0.3, 0.4) is 0 Å². The molecule has 11 nitrogen and oxygen atoms in total. The summed E-state index contributed by atoms with van der Waals surface area (Å²) in [6, 6.07) is 5.88. The third kappa shape index (κ3) is 6.71. The second-order valence-electron chi connectivity index (χ2n) is 8.35. The fourth-order valence-electron chi connectivity index (χ4n) is 3.42. The molecule has 40 heavy (non-hydrogen) atoms. The number of anilines is 2. The highest BCUT2D eigenvalue weighted by Gasteiger charge is 2.39. The van der Waals surface area contributed by atoms with Crippen molar-refractivity contribution < 1.29 is 22.8 Å². The molecule has 16 heteroatoms. The smallest absolute Gasteiger partial charge is 0.356 e. The van der Waals surface area contributed by atoms with Gasteiger partial charge in [0, 0.05) is 19.3 Å². The fourth-order valence-corrected chi connectivity index (χ4v) is 4.57. The van der Waals surface area contributed by atoms with Gasteiger partial charge in [-0.15, -0.1) is 11.3 Å². The number of aromatic nitrogens is 4. The van der Waals surface area contributed by atoms with Crippen LogP contribution < -0.4 is 16.0 Å². The van der Waals surface area contributed by atoms with Gasteiger partial charge in [-0.3, -0.25) is 9.59 Å². The molecule has 1 aliphatic rings. The third-order valence-corrected chi connectivity index (χ3v) is 6.92. The van der Waals surface area contributed by atoms with Crippen molar-refractivity contribution in [3.05, 3.63) is 81.1 Å². The number of nitriles is 1. The summed E-state index contributed by atoms with van der Waals surface area (Å²) in [5.74, 6) is -0.861. The Balaban J connectivity index is 1.39. The Morgan fingerprint density at radius 2 is 1.95 bits per heavy atom. The normalized spacial score (nSPS) is 15.8. The van der Waals surface area contributed by atoms with E-state index in [1.807, 2.05) is 6.07 Å². The monoisotopic (exact) mass is 589 g/mol. The number of amides is 2. The number of likely N-dealkylation sites (N-methyl/N-ethyl adjacent to an activating group) is 1. The fraction of sp³-hybridized carbons (Fsp3) is 0.208. The van der Waals surface area contributed by atoms with Crippen LogP contribution in [0.15, 0.2) is 59.8 Å². The van der Waals surface area contributed by atoms with Gasteiger partial charge in [0.25, 0.3) is 11.8 Å². The Morgan fingerprint density at radius 1 is 1.18 bits per heavy atom. The van der Waals surface area contributed by atoms with E-state index in [1.54, 1.807) is 13.0 Å². The van der Waals surface area contributed by atoms with E-state index < -0.39 is 40.8 Å². The van der Waals surface area contributed by atoms with Gasteiger partial charge in [0.1, 0.15) is 45.7 Å². The molecule has 4 heterocycles. The molecule has 3 aromatic heterocycles. The van der Waals surface area contributed by atoms with Gasteiger partial charge >= 0.3 is 6.18 Å². The molecule has 0 saturated heterocycles. The molecule has 3 aromatic rings. The van der Waals surface area contributed by atoms with Crippen LogP contribution in [0, 0.1) is 11.3 Å². The summed E-state index contributed by atoms with van der Waals surface area (Å²) in [6.45, 7) is 1.65. The number of thiazole rings is 1. The van der Waals surface area contributed by atoms with Crippen molar-refractivity contribution in [1.82, 2.24) is 35.5 Å². The number of hydrogen-bond acceptors (Lipinski definition) is 10. The Morgan fingerprint density at radius 3 is 2.62 bits per heavy atom. The summed E-state index contributed by atoms with van der Waals surface area (Å²) in [5, 5.41) is 17.0. The number of rotatable bonds is 7. The van der Waals surface area contributed by atoms with Crippen LogP contribution >= 0.6 is 22.9 Å². The minimum Gasteiger partial charge on any atom is -0.356 e. The lowest BCUT2D eigenvalue weighted by molar-refractivity contribution is -0.0898. The van der Waals surface area contributed by atoms with Gasteiger partial charge in [0.2, 0.25) is 0 Å². The Bertz CT molecular complexity index is 1530. The molecule has 4 rings (SSSR count). The van der Waals surface area contributed by atoms with Gasteiger partial charge in [-0.05, 0) is 25.1 Å². The molecule has 206 valence electrons. The Labute approximate surface area is 234 Å². The van der Waals surface area contributed by atoms with E-state index in [-0.39, 0.29) is 16.3 Å². The first-order chi connectivity index (χ1) is 18.9. The lowest BCUT2D eigenvalue weighted by atomic mass is 10.1. The highest BCUT2D eigenvalue weighted by molar-refractivity contribution is 7.13. The molecule has 0 fully saturated rings. The number of carbonyl (C=O) groups is 2. The van der Waals surface area contributed by atoms with Gasteiger partial charge in [-0.25, -0.2) is 19.9 Å². The van der Waals surface area contributed by atoms with E-state index in [9.17, 15) is 22.8 Å². The van der Waals surface area contributed by atoms with Crippen LogP contribution in [0.5, 0.6) is 0 Å². The predicted octanol–water partition coefficient (Wildman–Crippen LogP) is 4.00. The maximum atomic E-state index is 13.2. The molecule has 2 atom stereocenters. The second kappa shape index (κ2) is 11.7. The van der Waals surface area contributed by atoms with E-state index in [4.69, 9.17) is 16.9 Å². The highest BCUT2D eigenvalue weighted by atomic mass is 35.5. The van der Waals surface area contributed by atoms with Crippen LogP contribution in [0.4, 0.5) is 24.7 Å². The Hall–Kier alpha value is -4.55. The molecule has 3 N–H and O–H groups in total. The summed E-state index contributed by atoms with van der Waals surface area (Å²) >= 11 is 6.69. The number of carbonyl (C=O) groups excluding carboxylic acids is 2. The molecule has 0 aliphatic carbocycles. The quantitative estimate of drug-likeness (QED) is 0.372. The molecular formula is C24H19ClF3N9O2S. The van der Waals surface area contributed by atoms with E-state index >= 15 is 0 Å². The minimum atomic E-state index is -4.68. The average molecular weight is 590 g/mol. The maximum absolute atomic E-state index is 13.2. The van der Waals surface area contributed by atoms with Gasteiger partial charge < -0.3 is 20.9 Å². The Kier molecular flexibility index (Phi) is 8.31.